The number of nitrogens with zero attached hydrogens (tertiary/aromatic N) is 3. The van der Waals surface area contributed by atoms with Gasteiger partial charge in [0, 0.05) is 32.2 Å². The molecule has 0 bridgehead atoms. The van der Waals surface area contributed by atoms with E-state index in [0.717, 1.165) is 24.7 Å². The second-order valence-corrected chi connectivity index (χ2v) is 7.02. The molecule has 1 aliphatic rings. The molecule has 2 N–H and O–H groups in total. The van der Waals surface area contributed by atoms with E-state index in [0.29, 0.717) is 19.5 Å². The summed E-state index contributed by atoms with van der Waals surface area (Å²) in [7, 11) is -3.14. The van der Waals surface area contributed by atoms with Crippen LogP contribution in [0, 0.1) is 0 Å². The van der Waals surface area contributed by atoms with Crippen molar-refractivity contribution in [3.63, 3.8) is 0 Å². The Bertz CT molecular complexity index is 543. The summed E-state index contributed by atoms with van der Waals surface area (Å²) in [5.41, 5.74) is 0. The molecule has 0 aliphatic carbocycles. The molecule has 1 fully saturated rings. The van der Waals surface area contributed by atoms with Gasteiger partial charge in [-0.1, -0.05) is 6.92 Å². The summed E-state index contributed by atoms with van der Waals surface area (Å²) in [6, 6.07) is 1.91. The number of anilines is 2. The first kappa shape index (κ1) is 16.0. The molecule has 21 heavy (non-hydrogen) atoms. The van der Waals surface area contributed by atoms with Crippen molar-refractivity contribution in [3.8, 4) is 0 Å². The number of nitrogens with one attached hydrogen (secondary N) is 2. The van der Waals surface area contributed by atoms with Gasteiger partial charge in [0.05, 0.1) is 5.75 Å². The summed E-state index contributed by atoms with van der Waals surface area (Å²) >= 11 is 0. The maximum absolute atomic E-state index is 11.5. The molecule has 2 heterocycles. The molecule has 1 aromatic heterocycles. The molecular formula is C13H23N5O2S. The molecule has 0 radical (unpaired) electrons. The smallest absolute Gasteiger partial charge is 0.211 e. The van der Waals surface area contributed by atoms with Gasteiger partial charge in [-0.15, -0.1) is 0 Å². The predicted molar refractivity (Wildman–Crippen MR) is 84.0 cm³/mol. The number of hydrogen-bond donors (Lipinski definition) is 2. The molecule has 0 atom stereocenters. The van der Waals surface area contributed by atoms with Crippen molar-refractivity contribution in [1.82, 2.24) is 14.7 Å². The Morgan fingerprint density at radius 2 is 2.00 bits per heavy atom. The molecule has 7 nitrogen and oxygen atoms in total. The maximum Gasteiger partial charge on any atom is 0.211 e. The van der Waals surface area contributed by atoms with E-state index in [2.05, 4.69) is 24.9 Å². The Labute approximate surface area is 126 Å². The minimum absolute atomic E-state index is 0.166. The Morgan fingerprint density at radius 1 is 1.24 bits per heavy atom. The van der Waals surface area contributed by atoms with Crippen LogP contribution in [0.15, 0.2) is 12.4 Å². The Hall–Kier alpha value is -1.41. The quantitative estimate of drug-likeness (QED) is 0.691. The van der Waals surface area contributed by atoms with Gasteiger partial charge >= 0.3 is 0 Å². The van der Waals surface area contributed by atoms with Gasteiger partial charge < -0.3 is 10.2 Å². The van der Waals surface area contributed by atoms with Gasteiger partial charge in [-0.25, -0.2) is 23.1 Å². The highest BCUT2D eigenvalue weighted by Gasteiger charge is 2.14. The Morgan fingerprint density at radius 3 is 2.71 bits per heavy atom. The van der Waals surface area contributed by atoms with Crippen LogP contribution in [0.2, 0.25) is 0 Å². The first-order valence-corrected chi connectivity index (χ1v) is 9.04. The highest BCUT2D eigenvalue weighted by atomic mass is 32.2. The van der Waals surface area contributed by atoms with Gasteiger partial charge in [0.1, 0.15) is 18.0 Å². The zero-order valence-corrected chi connectivity index (χ0v) is 13.2. The van der Waals surface area contributed by atoms with Crippen LogP contribution in [-0.2, 0) is 10.0 Å². The van der Waals surface area contributed by atoms with Crippen molar-refractivity contribution in [2.45, 2.75) is 26.2 Å². The van der Waals surface area contributed by atoms with E-state index in [1.54, 1.807) is 0 Å². The largest absolute Gasteiger partial charge is 0.369 e. The minimum atomic E-state index is -3.14. The highest BCUT2D eigenvalue weighted by molar-refractivity contribution is 7.89. The van der Waals surface area contributed by atoms with Crippen LogP contribution < -0.4 is 14.9 Å². The van der Waals surface area contributed by atoms with Crippen molar-refractivity contribution in [2.24, 2.45) is 0 Å². The average Bonchev–Trinajstić information content (AvgIpc) is 2.98. The lowest BCUT2D eigenvalue weighted by molar-refractivity contribution is 0.581. The molecule has 2 rings (SSSR count). The van der Waals surface area contributed by atoms with Crippen molar-refractivity contribution < 1.29 is 8.42 Å². The van der Waals surface area contributed by atoms with Crippen molar-refractivity contribution in [1.29, 1.82) is 0 Å². The summed E-state index contributed by atoms with van der Waals surface area (Å²) in [4.78, 5) is 10.7. The number of rotatable bonds is 8. The van der Waals surface area contributed by atoms with E-state index < -0.39 is 10.0 Å². The van der Waals surface area contributed by atoms with Crippen molar-refractivity contribution in [3.05, 3.63) is 12.4 Å². The lowest BCUT2D eigenvalue weighted by Crippen LogP contribution is -2.30. The number of hydrogen-bond acceptors (Lipinski definition) is 6. The highest BCUT2D eigenvalue weighted by Crippen LogP contribution is 2.18. The van der Waals surface area contributed by atoms with Gasteiger partial charge in [-0.3, -0.25) is 0 Å². The summed E-state index contributed by atoms with van der Waals surface area (Å²) in [6.07, 6.45) is 4.56. The molecule has 0 spiro atoms. The number of sulfonamides is 1. The lowest BCUT2D eigenvalue weighted by Gasteiger charge is -2.16. The van der Waals surface area contributed by atoms with E-state index in [1.807, 2.05) is 13.0 Å². The van der Waals surface area contributed by atoms with Gasteiger partial charge in [-0.05, 0) is 19.3 Å². The van der Waals surface area contributed by atoms with Crippen LogP contribution in [0.3, 0.4) is 0 Å². The Balaban J connectivity index is 1.79. The second-order valence-electron chi connectivity index (χ2n) is 5.10. The van der Waals surface area contributed by atoms with Crippen LogP contribution in [0.1, 0.15) is 26.2 Å². The van der Waals surface area contributed by atoms with Crippen LogP contribution in [0.5, 0.6) is 0 Å². The average molecular weight is 313 g/mol. The van der Waals surface area contributed by atoms with Gasteiger partial charge in [0.15, 0.2) is 0 Å². The monoisotopic (exact) mass is 313 g/mol. The zero-order chi connectivity index (χ0) is 15.1. The molecular weight excluding hydrogens is 290 g/mol. The third kappa shape index (κ3) is 5.13. The fourth-order valence-electron chi connectivity index (χ4n) is 2.30. The molecule has 1 aliphatic heterocycles. The van der Waals surface area contributed by atoms with Crippen molar-refractivity contribution >= 4 is 21.7 Å². The zero-order valence-electron chi connectivity index (χ0n) is 12.4. The molecule has 1 saturated heterocycles. The van der Waals surface area contributed by atoms with Crippen LogP contribution in [0.25, 0.3) is 0 Å². The van der Waals surface area contributed by atoms with Crippen molar-refractivity contribution in [2.75, 3.05) is 42.1 Å². The first-order valence-electron chi connectivity index (χ1n) is 7.39. The first-order chi connectivity index (χ1) is 10.1. The summed E-state index contributed by atoms with van der Waals surface area (Å²) in [5, 5.41) is 3.12. The van der Waals surface area contributed by atoms with E-state index >= 15 is 0 Å². The molecule has 118 valence electrons. The van der Waals surface area contributed by atoms with E-state index in [9.17, 15) is 8.42 Å². The molecule has 0 saturated carbocycles. The summed E-state index contributed by atoms with van der Waals surface area (Å²) < 4.78 is 25.6. The standard InChI is InChI=1S/C13H23N5O2S/c1-2-9-21(19,20)17-6-5-14-12-10-13(16-11-15-12)18-7-3-4-8-18/h10-11,17H,2-9H2,1H3,(H,14,15,16). The van der Waals surface area contributed by atoms with E-state index in [-0.39, 0.29) is 5.75 Å². The molecule has 8 heteroatoms. The Kier molecular flexibility index (Phi) is 5.75. The van der Waals surface area contributed by atoms with Crippen LogP contribution >= 0.6 is 0 Å². The van der Waals surface area contributed by atoms with E-state index in [4.69, 9.17) is 0 Å². The molecule has 0 aromatic carbocycles. The molecule has 1 aromatic rings. The van der Waals surface area contributed by atoms with Gasteiger partial charge in [-0.2, -0.15) is 0 Å². The summed E-state index contributed by atoms with van der Waals surface area (Å²) in [6.45, 7) is 4.77. The van der Waals surface area contributed by atoms with Gasteiger partial charge in [0.2, 0.25) is 10.0 Å². The molecule has 0 unspecified atom stereocenters. The topological polar surface area (TPSA) is 87.2 Å². The fourth-order valence-corrected chi connectivity index (χ4v) is 3.40. The predicted octanol–water partition coefficient (Wildman–Crippen LogP) is 0.818. The maximum atomic E-state index is 11.5. The normalized spacial score (nSPS) is 15.4. The van der Waals surface area contributed by atoms with E-state index in [1.165, 1.54) is 19.2 Å². The minimum Gasteiger partial charge on any atom is -0.369 e. The number of aromatic nitrogens is 2. The summed E-state index contributed by atoms with van der Waals surface area (Å²) in [5.74, 6) is 1.82. The lowest BCUT2D eigenvalue weighted by atomic mass is 10.4. The van der Waals surface area contributed by atoms with Crippen LogP contribution in [-0.4, -0.2) is 50.3 Å². The van der Waals surface area contributed by atoms with Crippen LogP contribution in [0.4, 0.5) is 11.6 Å². The fraction of sp³-hybridized carbons (Fsp3) is 0.692. The molecule has 0 amide bonds. The second kappa shape index (κ2) is 7.56. The third-order valence-corrected chi connectivity index (χ3v) is 4.90. The SMILES string of the molecule is CCCS(=O)(=O)NCCNc1cc(N2CCCC2)ncn1. The third-order valence-electron chi connectivity index (χ3n) is 3.31. The van der Waals surface area contributed by atoms with Gasteiger partial charge in [0.25, 0.3) is 0 Å².